The molecule has 31 heavy (non-hydrogen) atoms. The topological polar surface area (TPSA) is 74.7 Å². The maximum absolute atomic E-state index is 13.0. The van der Waals surface area contributed by atoms with Crippen LogP contribution < -0.4 is 10.1 Å². The highest BCUT2D eigenvalue weighted by Gasteiger charge is 2.36. The number of ether oxygens (including phenoxy) is 1. The van der Waals surface area contributed by atoms with E-state index < -0.39 is 6.10 Å². The number of fused-ring (bicyclic) bond motifs is 2. The first kappa shape index (κ1) is 20.7. The van der Waals surface area contributed by atoms with Gasteiger partial charge in [-0.3, -0.25) is 9.78 Å². The van der Waals surface area contributed by atoms with Crippen molar-refractivity contribution in [2.75, 3.05) is 26.2 Å². The first-order valence-electron chi connectivity index (χ1n) is 11.2. The summed E-state index contributed by atoms with van der Waals surface area (Å²) in [5.74, 6) is 0.987. The number of benzene rings is 1. The molecule has 3 unspecified atom stereocenters. The molecule has 1 aliphatic carbocycles. The number of halogens is 1. The Morgan fingerprint density at radius 1 is 1.29 bits per heavy atom. The van der Waals surface area contributed by atoms with Gasteiger partial charge in [0, 0.05) is 60.6 Å². The van der Waals surface area contributed by atoms with Gasteiger partial charge in [0.2, 0.25) is 0 Å². The highest BCUT2D eigenvalue weighted by molar-refractivity contribution is 6.31. The molecule has 2 N–H and O–H groups in total. The highest BCUT2D eigenvalue weighted by Crippen LogP contribution is 2.45. The molecule has 0 spiro atoms. The van der Waals surface area contributed by atoms with E-state index in [1.165, 1.54) is 0 Å². The zero-order valence-electron chi connectivity index (χ0n) is 17.7. The van der Waals surface area contributed by atoms with Crippen LogP contribution in [0.4, 0.5) is 0 Å². The van der Waals surface area contributed by atoms with Gasteiger partial charge in [-0.05, 0) is 54.5 Å². The maximum atomic E-state index is 13.0. The van der Waals surface area contributed by atoms with Gasteiger partial charge in [0.1, 0.15) is 5.75 Å². The number of carbonyl (C=O) groups is 1. The predicted octanol–water partition coefficient (Wildman–Crippen LogP) is 2.62. The van der Waals surface area contributed by atoms with E-state index in [1.54, 1.807) is 0 Å². The fourth-order valence-electron chi connectivity index (χ4n) is 5.13. The number of pyridine rings is 1. The first-order chi connectivity index (χ1) is 15.0. The van der Waals surface area contributed by atoms with Crippen molar-refractivity contribution in [1.82, 2.24) is 15.2 Å². The molecule has 6 nitrogen and oxygen atoms in total. The molecular weight excluding hydrogens is 414 g/mol. The summed E-state index contributed by atoms with van der Waals surface area (Å²) in [4.78, 5) is 19.5. The Balaban J connectivity index is 1.47. The van der Waals surface area contributed by atoms with E-state index in [0.29, 0.717) is 24.5 Å². The third-order valence-corrected chi connectivity index (χ3v) is 7.04. The van der Waals surface area contributed by atoms with Crippen molar-refractivity contribution in [1.29, 1.82) is 0 Å². The number of hydrogen-bond acceptors (Lipinski definition) is 5. The Hall–Kier alpha value is -2.15. The molecule has 7 heteroatoms. The molecule has 1 fully saturated rings. The van der Waals surface area contributed by atoms with Gasteiger partial charge in [-0.25, -0.2) is 0 Å². The lowest BCUT2D eigenvalue weighted by atomic mass is 9.94. The Morgan fingerprint density at radius 3 is 2.87 bits per heavy atom. The fourth-order valence-corrected chi connectivity index (χ4v) is 5.37. The zero-order chi connectivity index (χ0) is 21.5. The van der Waals surface area contributed by atoms with Gasteiger partial charge >= 0.3 is 0 Å². The van der Waals surface area contributed by atoms with Crippen LogP contribution in [0.15, 0.2) is 24.4 Å². The van der Waals surface area contributed by atoms with Gasteiger partial charge < -0.3 is 20.1 Å². The quantitative estimate of drug-likeness (QED) is 0.763. The van der Waals surface area contributed by atoms with Crippen LogP contribution in [0.5, 0.6) is 5.75 Å². The molecule has 1 aromatic heterocycles. The van der Waals surface area contributed by atoms with Crippen molar-refractivity contribution in [2.24, 2.45) is 5.92 Å². The SMILES string of the molecule is CCC(O)C1Cc2nccc(-c3cc(Cl)cc4c3OC(C(=O)N3CCNCC3)C4)c2C1. The molecule has 1 aromatic carbocycles. The molecule has 0 saturated carbocycles. The Kier molecular flexibility index (Phi) is 5.63. The maximum Gasteiger partial charge on any atom is 0.264 e. The number of nitrogens with one attached hydrogen (secondary N) is 1. The molecule has 3 atom stereocenters. The van der Waals surface area contributed by atoms with Crippen molar-refractivity contribution in [3.8, 4) is 16.9 Å². The number of aliphatic hydroxyl groups is 1. The van der Waals surface area contributed by atoms with E-state index in [9.17, 15) is 9.90 Å². The van der Waals surface area contributed by atoms with E-state index in [0.717, 1.165) is 66.0 Å². The van der Waals surface area contributed by atoms with Gasteiger partial charge in [0.15, 0.2) is 6.10 Å². The van der Waals surface area contributed by atoms with Gasteiger partial charge in [0.05, 0.1) is 6.10 Å². The lowest BCUT2D eigenvalue weighted by Gasteiger charge is -2.29. The molecular formula is C24H28ClN3O3. The molecule has 1 amide bonds. The lowest BCUT2D eigenvalue weighted by Crippen LogP contribution is -2.50. The Labute approximate surface area is 187 Å². The molecule has 3 heterocycles. The molecule has 164 valence electrons. The summed E-state index contributed by atoms with van der Waals surface area (Å²) in [5, 5.41) is 14.3. The fraction of sp³-hybridized carbons (Fsp3) is 0.500. The van der Waals surface area contributed by atoms with Crippen molar-refractivity contribution in [2.45, 2.75) is 44.8 Å². The third kappa shape index (κ3) is 3.81. The largest absolute Gasteiger partial charge is 0.479 e. The Morgan fingerprint density at radius 2 is 2.10 bits per heavy atom. The van der Waals surface area contributed by atoms with Crippen molar-refractivity contribution in [3.05, 3.63) is 46.2 Å². The monoisotopic (exact) mass is 441 g/mol. The minimum absolute atomic E-state index is 0.0471. The molecule has 5 rings (SSSR count). The molecule has 0 radical (unpaired) electrons. The predicted molar refractivity (Wildman–Crippen MR) is 119 cm³/mol. The van der Waals surface area contributed by atoms with Crippen LogP contribution in [0, 0.1) is 5.92 Å². The highest BCUT2D eigenvalue weighted by atomic mass is 35.5. The number of rotatable bonds is 4. The second-order valence-electron chi connectivity index (χ2n) is 8.76. The summed E-state index contributed by atoms with van der Waals surface area (Å²) in [6, 6.07) is 5.84. The number of nitrogens with zero attached hydrogens (tertiary/aromatic N) is 2. The van der Waals surface area contributed by atoms with Crippen LogP contribution in [0.1, 0.15) is 30.2 Å². The summed E-state index contributed by atoms with van der Waals surface area (Å²) in [5.41, 5.74) is 5.14. The molecule has 2 aliphatic heterocycles. The molecule has 1 saturated heterocycles. The van der Waals surface area contributed by atoms with E-state index in [-0.39, 0.29) is 17.9 Å². The van der Waals surface area contributed by atoms with E-state index in [4.69, 9.17) is 16.3 Å². The summed E-state index contributed by atoms with van der Waals surface area (Å²) in [6.45, 7) is 5.06. The van der Waals surface area contributed by atoms with E-state index in [2.05, 4.69) is 10.3 Å². The van der Waals surface area contributed by atoms with E-state index in [1.807, 2.05) is 36.2 Å². The number of amides is 1. The van der Waals surface area contributed by atoms with Crippen LogP contribution in [0.2, 0.25) is 5.02 Å². The van der Waals surface area contributed by atoms with Crippen LogP contribution in [0.3, 0.4) is 0 Å². The van der Waals surface area contributed by atoms with Gasteiger partial charge in [-0.2, -0.15) is 0 Å². The standard InChI is InChI=1S/C24H28ClN3O3/c1-2-21(29)14-10-18-17(3-4-27-20(18)11-14)19-13-16(25)9-15-12-22(31-23(15)19)24(30)28-7-5-26-6-8-28/h3-4,9,13-14,21-22,26,29H,2,5-8,10-12H2,1H3. The molecule has 0 bridgehead atoms. The van der Waals surface area contributed by atoms with Gasteiger partial charge in [-0.1, -0.05) is 18.5 Å². The number of hydrogen-bond donors (Lipinski definition) is 2. The van der Waals surface area contributed by atoms with Crippen LogP contribution >= 0.6 is 11.6 Å². The van der Waals surface area contributed by atoms with Crippen molar-refractivity contribution < 1.29 is 14.6 Å². The second-order valence-corrected chi connectivity index (χ2v) is 9.19. The van der Waals surface area contributed by atoms with E-state index >= 15 is 0 Å². The summed E-state index contributed by atoms with van der Waals surface area (Å²) in [7, 11) is 0. The number of aromatic nitrogens is 1. The Bertz CT molecular complexity index is 1010. The van der Waals surface area contributed by atoms with Crippen LogP contribution in [-0.2, 0) is 24.1 Å². The van der Waals surface area contributed by atoms with Crippen molar-refractivity contribution in [3.63, 3.8) is 0 Å². The summed E-state index contributed by atoms with van der Waals surface area (Å²) >= 11 is 6.49. The smallest absolute Gasteiger partial charge is 0.264 e. The number of carbonyl (C=O) groups excluding carboxylic acids is 1. The summed E-state index contributed by atoms with van der Waals surface area (Å²) < 4.78 is 6.28. The second kappa shape index (κ2) is 8.41. The minimum atomic E-state index is -0.505. The normalized spacial score (nSPS) is 23.3. The average Bonchev–Trinajstić information content (AvgIpc) is 3.42. The van der Waals surface area contributed by atoms with Gasteiger partial charge in [0.25, 0.3) is 5.91 Å². The number of piperazine rings is 1. The first-order valence-corrected chi connectivity index (χ1v) is 11.6. The number of aliphatic hydroxyl groups excluding tert-OH is 1. The lowest BCUT2D eigenvalue weighted by molar-refractivity contribution is -0.138. The molecule has 2 aromatic rings. The third-order valence-electron chi connectivity index (χ3n) is 6.82. The minimum Gasteiger partial charge on any atom is -0.479 e. The van der Waals surface area contributed by atoms with Crippen molar-refractivity contribution >= 4 is 17.5 Å². The van der Waals surface area contributed by atoms with Crippen LogP contribution in [0.25, 0.3) is 11.1 Å². The van der Waals surface area contributed by atoms with Gasteiger partial charge in [-0.15, -0.1) is 0 Å². The average molecular weight is 442 g/mol. The zero-order valence-corrected chi connectivity index (χ0v) is 18.5. The van der Waals surface area contributed by atoms with Crippen LogP contribution in [-0.4, -0.2) is 59.3 Å². The summed E-state index contributed by atoms with van der Waals surface area (Å²) in [6.07, 6.45) is 3.83. The molecule has 3 aliphatic rings.